The van der Waals surface area contributed by atoms with Gasteiger partial charge in [-0.1, -0.05) is 115 Å². The first-order valence-corrected chi connectivity index (χ1v) is 16.2. The Labute approximate surface area is 243 Å². The number of hydrogen-bond donors (Lipinski definition) is 0. The predicted octanol–water partition coefficient (Wildman–Crippen LogP) is 11.3. The van der Waals surface area contributed by atoms with Crippen LogP contribution in [-0.2, 0) is 0 Å². The van der Waals surface area contributed by atoms with E-state index in [4.69, 9.17) is 4.98 Å². The van der Waals surface area contributed by atoms with E-state index in [1.54, 1.807) is 11.1 Å². The number of rotatable bonds is 5. The number of hydrogen-bond acceptors (Lipinski definition) is 1. The fourth-order valence-corrected chi connectivity index (χ4v) is 6.89. The lowest BCUT2D eigenvalue weighted by atomic mass is 9.77. The van der Waals surface area contributed by atoms with E-state index in [0.717, 1.165) is 18.2 Å². The largest absolute Gasteiger partial charge is 0.299 e. The lowest BCUT2D eigenvalue weighted by Gasteiger charge is -2.31. The molecule has 3 aromatic rings. The Morgan fingerprint density at radius 1 is 0.775 bits per heavy atom. The molecule has 1 heterocycles. The molecule has 0 radical (unpaired) electrons. The minimum atomic E-state index is 0.561. The normalized spacial score (nSPS) is 20.2. The van der Waals surface area contributed by atoms with Gasteiger partial charge in [0.15, 0.2) is 0 Å². The van der Waals surface area contributed by atoms with Gasteiger partial charge in [-0.05, 0) is 90.2 Å². The summed E-state index contributed by atoms with van der Waals surface area (Å²) >= 11 is 0. The zero-order chi connectivity index (χ0) is 27.9. The van der Waals surface area contributed by atoms with Crippen LogP contribution in [0.15, 0.2) is 73.1 Å². The Balaban J connectivity index is 0.000000758. The summed E-state index contributed by atoms with van der Waals surface area (Å²) in [5, 5.41) is 0. The van der Waals surface area contributed by atoms with Gasteiger partial charge in [0, 0.05) is 18.0 Å². The average molecular weight is 535 g/mol. The van der Waals surface area contributed by atoms with Gasteiger partial charge in [0.2, 0.25) is 0 Å². The molecule has 3 aliphatic carbocycles. The predicted molar refractivity (Wildman–Crippen MR) is 172 cm³/mol. The third kappa shape index (κ3) is 6.88. The highest BCUT2D eigenvalue weighted by molar-refractivity contribution is 5.75. The average Bonchev–Trinajstić information content (AvgIpc) is 3.47. The van der Waals surface area contributed by atoms with Crippen molar-refractivity contribution in [3.8, 4) is 16.8 Å². The second-order valence-corrected chi connectivity index (χ2v) is 13.1. The van der Waals surface area contributed by atoms with E-state index in [1.165, 1.54) is 86.6 Å². The van der Waals surface area contributed by atoms with Gasteiger partial charge in [-0.15, -0.1) is 0 Å². The molecule has 2 aromatic carbocycles. The van der Waals surface area contributed by atoms with Crippen LogP contribution in [0.25, 0.3) is 22.4 Å². The summed E-state index contributed by atoms with van der Waals surface area (Å²) in [7, 11) is 0. The molecule has 3 aliphatic rings. The molecule has 0 amide bonds. The van der Waals surface area contributed by atoms with Gasteiger partial charge in [-0.3, -0.25) is 4.57 Å². The van der Waals surface area contributed by atoms with E-state index in [1.807, 2.05) is 6.20 Å². The first-order valence-electron chi connectivity index (χ1n) is 16.2. The maximum absolute atomic E-state index is 4.95. The van der Waals surface area contributed by atoms with Crippen LogP contribution in [-0.4, -0.2) is 9.55 Å². The zero-order valence-electron chi connectivity index (χ0n) is 25.4. The number of allylic oxidation sites excluding steroid dienone is 4. The van der Waals surface area contributed by atoms with Crippen LogP contribution in [0, 0.1) is 11.8 Å². The van der Waals surface area contributed by atoms with E-state index in [0.29, 0.717) is 17.8 Å². The van der Waals surface area contributed by atoms with Crippen molar-refractivity contribution < 1.29 is 0 Å². The highest BCUT2D eigenvalue weighted by Gasteiger charge is 2.28. The second-order valence-electron chi connectivity index (χ2n) is 13.1. The lowest BCUT2D eigenvalue weighted by Crippen LogP contribution is -2.16. The standard InChI is InChI=1S/C34H40N2.C4H10/c1-25-12-11-19-29(22-25)34-35-20-21-36(34)33-31(27-15-7-3-8-16-27)23-30(26-13-5-2-6-14-26)24-32(33)28-17-9-4-10-18-28;1-4(2)3/h2,5-6,11,13-14,19-25,27-28H,3-4,7-10,12,15-18H2,1H3;4H,1-3H3. The maximum atomic E-state index is 4.95. The molecule has 2 nitrogen and oxygen atoms in total. The fourth-order valence-electron chi connectivity index (χ4n) is 6.89. The molecule has 1 atom stereocenters. The van der Waals surface area contributed by atoms with Crippen LogP contribution in [0.3, 0.4) is 0 Å². The zero-order valence-corrected chi connectivity index (χ0v) is 25.4. The highest BCUT2D eigenvalue weighted by Crippen LogP contribution is 2.45. The van der Waals surface area contributed by atoms with E-state index in [-0.39, 0.29) is 0 Å². The van der Waals surface area contributed by atoms with E-state index in [9.17, 15) is 0 Å². The van der Waals surface area contributed by atoms with Crippen molar-refractivity contribution in [1.82, 2.24) is 9.55 Å². The van der Waals surface area contributed by atoms with E-state index < -0.39 is 0 Å². The van der Waals surface area contributed by atoms with E-state index >= 15 is 0 Å². The summed E-state index contributed by atoms with van der Waals surface area (Å²) in [6.07, 6.45) is 25.8. The topological polar surface area (TPSA) is 17.8 Å². The lowest BCUT2D eigenvalue weighted by molar-refractivity contribution is 0.434. The van der Waals surface area contributed by atoms with Crippen molar-refractivity contribution in [3.63, 3.8) is 0 Å². The monoisotopic (exact) mass is 534 g/mol. The van der Waals surface area contributed by atoms with Gasteiger partial charge in [-0.2, -0.15) is 0 Å². The smallest absolute Gasteiger partial charge is 0.144 e. The number of nitrogens with zero attached hydrogens (tertiary/aromatic N) is 2. The molecular weight excluding hydrogens is 484 g/mol. The Bertz CT molecular complexity index is 1240. The summed E-state index contributed by atoms with van der Waals surface area (Å²) in [5.41, 5.74) is 8.58. The Hall–Kier alpha value is -2.87. The summed E-state index contributed by atoms with van der Waals surface area (Å²) in [4.78, 5) is 4.95. The summed E-state index contributed by atoms with van der Waals surface area (Å²) < 4.78 is 2.47. The van der Waals surface area contributed by atoms with Gasteiger partial charge in [-0.25, -0.2) is 4.98 Å². The Morgan fingerprint density at radius 3 is 1.90 bits per heavy atom. The molecule has 2 fully saturated rings. The molecule has 212 valence electrons. The molecule has 6 rings (SSSR count). The van der Waals surface area contributed by atoms with Crippen LogP contribution in [0.5, 0.6) is 0 Å². The van der Waals surface area contributed by atoms with Crippen LogP contribution in [0.1, 0.15) is 127 Å². The molecule has 1 aromatic heterocycles. The van der Waals surface area contributed by atoms with Crippen molar-refractivity contribution in [3.05, 3.63) is 90.0 Å². The van der Waals surface area contributed by atoms with Crippen molar-refractivity contribution in [2.24, 2.45) is 11.8 Å². The quantitative estimate of drug-likeness (QED) is 0.318. The van der Waals surface area contributed by atoms with Gasteiger partial charge < -0.3 is 0 Å². The molecule has 0 N–H and O–H groups in total. The molecule has 40 heavy (non-hydrogen) atoms. The van der Waals surface area contributed by atoms with Crippen molar-refractivity contribution in [1.29, 1.82) is 0 Å². The number of benzene rings is 2. The van der Waals surface area contributed by atoms with Crippen LogP contribution in [0.2, 0.25) is 0 Å². The fraction of sp³-hybridized carbons (Fsp3) is 0.500. The Kier molecular flexibility index (Phi) is 9.79. The Morgan fingerprint density at radius 2 is 1.35 bits per heavy atom. The minimum Gasteiger partial charge on any atom is -0.299 e. The molecule has 0 saturated heterocycles. The van der Waals surface area contributed by atoms with Crippen molar-refractivity contribution in [2.75, 3.05) is 0 Å². The molecule has 0 bridgehead atoms. The third-order valence-corrected chi connectivity index (χ3v) is 8.78. The SMILES string of the molecule is CC(C)C.CC1C=C(c2nccn2-c2c(C3CCCCC3)cc(-c3ccccc3)cc2C2CCCCC2)C=CC1. The molecule has 2 saturated carbocycles. The first kappa shape index (κ1) is 28.7. The van der Waals surface area contributed by atoms with Crippen molar-refractivity contribution in [2.45, 2.75) is 110 Å². The van der Waals surface area contributed by atoms with Crippen LogP contribution >= 0.6 is 0 Å². The number of aromatic nitrogens is 2. The summed E-state index contributed by atoms with van der Waals surface area (Å²) in [6.45, 7) is 8.81. The molecule has 1 unspecified atom stereocenters. The third-order valence-electron chi connectivity index (χ3n) is 8.78. The molecular formula is C38H50N2. The van der Waals surface area contributed by atoms with Crippen LogP contribution in [0.4, 0.5) is 0 Å². The number of imidazole rings is 1. The summed E-state index contributed by atoms with van der Waals surface area (Å²) in [5.74, 6) is 3.76. The molecule has 0 aliphatic heterocycles. The van der Waals surface area contributed by atoms with E-state index in [2.05, 4.69) is 99.2 Å². The van der Waals surface area contributed by atoms with Gasteiger partial charge in [0.25, 0.3) is 0 Å². The van der Waals surface area contributed by atoms with Gasteiger partial charge in [0.05, 0.1) is 5.69 Å². The molecule has 0 spiro atoms. The first-order chi connectivity index (χ1) is 19.5. The van der Waals surface area contributed by atoms with Gasteiger partial charge in [0.1, 0.15) is 5.82 Å². The maximum Gasteiger partial charge on any atom is 0.144 e. The van der Waals surface area contributed by atoms with Crippen molar-refractivity contribution >= 4 is 5.57 Å². The summed E-state index contributed by atoms with van der Waals surface area (Å²) in [6, 6.07) is 16.2. The van der Waals surface area contributed by atoms with Crippen LogP contribution < -0.4 is 0 Å². The molecule has 2 heteroatoms. The highest BCUT2D eigenvalue weighted by atomic mass is 15.1. The minimum absolute atomic E-state index is 0.561. The second kappa shape index (κ2) is 13.7. The van der Waals surface area contributed by atoms with Gasteiger partial charge >= 0.3 is 0 Å².